The van der Waals surface area contributed by atoms with Crippen LogP contribution in [0, 0.1) is 20.8 Å². The van der Waals surface area contributed by atoms with E-state index in [0.717, 1.165) is 56.2 Å². The molecule has 0 amide bonds. The van der Waals surface area contributed by atoms with Gasteiger partial charge < -0.3 is 33.7 Å². The maximum atomic E-state index is 12.3. The van der Waals surface area contributed by atoms with Crippen LogP contribution in [-0.2, 0) is 110 Å². The van der Waals surface area contributed by atoms with E-state index < -0.39 is 52.8 Å². The number of pyridine rings is 3. The van der Waals surface area contributed by atoms with Gasteiger partial charge in [0.2, 0.25) is 22.1 Å². The van der Waals surface area contributed by atoms with E-state index in [1.165, 1.54) is 49.0 Å². The number of carboxylic acid groups (broad SMARTS) is 1. The summed E-state index contributed by atoms with van der Waals surface area (Å²) < 4.78 is 193. The molecule has 2 N–H and O–H groups in total. The number of carbonyl (C=O) groups excluding carboxylic acids is 4. The topological polar surface area (TPSA) is 318 Å². The van der Waals surface area contributed by atoms with Crippen molar-refractivity contribution in [2.24, 2.45) is 0 Å². The number of aryl methyl sites for hydroxylation is 5. The van der Waals surface area contributed by atoms with E-state index in [-0.39, 0.29) is 83.9 Å². The molecule has 1 saturated heterocycles. The molecule has 0 saturated carbocycles. The first-order chi connectivity index (χ1) is 54.8. The zero-order valence-electron chi connectivity index (χ0n) is 63.3. The average Bonchev–Trinajstić information content (AvgIpc) is 0.766. The number of benzene rings is 9. The number of aromatic nitrogens is 3. The van der Waals surface area contributed by atoms with E-state index in [2.05, 4.69) is 137 Å². The third kappa shape index (κ3) is 30.7. The highest BCUT2D eigenvalue weighted by Crippen LogP contribution is 2.33. The highest BCUT2D eigenvalue weighted by Gasteiger charge is 2.57. The molecule has 13 rings (SSSR count). The number of halogens is 11. The number of para-hydroxylation sites is 6. The van der Waals surface area contributed by atoms with Crippen molar-refractivity contribution in [3.63, 3.8) is 0 Å². The predicted molar refractivity (Wildman–Crippen MR) is 432 cm³/mol. The number of nitrogens with zero attached hydrogens (tertiary/aromatic N) is 3. The van der Waals surface area contributed by atoms with Crippen molar-refractivity contribution in [3.8, 4) is 0 Å². The van der Waals surface area contributed by atoms with Crippen LogP contribution >= 0.6 is 34.0 Å². The zero-order chi connectivity index (χ0) is 85.4. The Morgan fingerprint density at radius 1 is 0.432 bits per heavy atom. The summed E-state index contributed by atoms with van der Waals surface area (Å²) in [6, 6.07) is 78.5. The maximum Gasteiger partial charge on any atom is 0.524 e. The molecule has 632 valence electrons. The van der Waals surface area contributed by atoms with Gasteiger partial charge in [-0.25, -0.2) is 13.4 Å². The van der Waals surface area contributed by atoms with E-state index >= 15 is 0 Å². The number of hydrogen-bond donors (Lipinski definition) is 2. The Bertz CT molecular complexity index is 5420. The monoisotopic (exact) mass is 1840 g/mol. The number of carboxylic acids is 1. The fourth-order valence-corrected chi connectivity index (χ4v) is 12.3. The Hall–Kier alpha value is -10.6. The van der Waals surface area contributed by atoms with Gasteiger partial charge in [0.25, 0.3) is 0 Å². The van der Waals surface area contributed by atoms with Gasteiger partial charge in [-0.3, -0.25) is 24.0 Å². The predicted octanol–water partition coefficient (Wildman–Crippen LogP) is 17.0. The average molecular weight is 1840 g/mol. The Morgan fingerprint density at radius 3 is 0.966 bits per heavy atom. The molecular weight excluding hydrogens is 1760 g/mol. The first kappa shape index (κ1) is 99.8. The number of cyclic esters (lactones) is 1. The Kier molecular flexibility index (Phi) is 39.8. The number of ether oxygens (including phenoxy) is 4. The summed E-state index contributed by atoms with van der Waals surface area (Å²) in [4.78, 5) is 59.3. The quantitative estimate of drug-likeness (QED) is 0.0153. The van der Waals surface area contributed by atoms with Gasteiger partial charge in [0.1, 0.15) is 39.3 Å². The van der Waals surface area contributed by atoms with Crippen LogP contribution in [0.4, 0.5) is 39.5 Å². The fraction of sp³-hybridized carbons (Fsp3) is 0.244. The molecule has 0 radical (unpaired) electrons. The number of alkyl halides is 9. The lowest BCUT2D eigenvalue weighted by atomic mass is 10.0. The number of aliphatic hydroxyl groups is 1. The summed E-state index contributed by atoms with van der Waals surface area (Å²) in [6.45, 7) is 10.9. The molecule has 36 heteroatoms. The van der Waals surface area contributed by atoms with E-state index in [4.69, 9.17) is 37.4 Å². The van der Waals surface area contributed by atoms with Gasteiger partial charge in [0.15, 0.2) is 23.2 Å². The van der Waals surface area contributed by atoms with Crippen molar-refractivity contribution in [3.05, 3.63) is 270 Å². The van der Waals surface area contributed by atoms with Gasteiger partial charge in [-0.05, 0) is 97.0 Å². The molecule has 3 aromatic heterocycles. The minimum atomic E-state index is -6.85. The van der Waals surface area contributed by atoms with E-state index in [1.54, 1.807) is 0 Å². The Balaban J connectivity index is 0.000000293. The first-order valence-electron chi connectivity index (χ1n) is 35.1. The molecule has 0 unspecified atom stereocenters. The number of aliphatic hydroxyl groups excluding tert-OH is 1. The van der Waals surface area contributed by atoms with Crippen molar-refractivity contribution < 1.29 is 135 Å². The summed E-state index contributed by atoms with van der Waals surface area (Å²) in [5, 5.41) is 24.7. The molecule has 0 bridgehead atoms. The summed E-state index contributed by atoms with van der Waals surface area (Å²) in [5.74, 6) is -1.51. The van der Waals surface area contributed by atoms with Crippen LogP contribution in [0.2, 0.25) is 0 Å². The molecule has 0 atom stereocenters. The van der Waals surface area contributed by atoms with E-state index in [1.807, 2.05) is 150 Å². The van der Waals surface area contributed by atoms with Crippen LogP contribution < -0.4 is 9.13 Å². The highest BCUT2D eigenvalue weighted by molar-refractivity contribution is 8.93. The van der Waals surface area contributed by atoms with Crippen LogP contribution in [0.1, 0.15) is 78.8 Å². The molecule has 118 heavy (non-hydrogen) atoms. The van der Waals surface area contributed by atoms with Gasteiger partial charge in [0, 0.05) is 63.0 Å². The van der Waals surface area contributed by atoms with Crippen LogP contribution in [0.25, 0.3) is 65.4 Å². The number of rotatable bonds is 18. The molecule has 9 aromatic carbocycles. The van der Waals surface area contributed by atoms with Crippen molar-refractivity contribution in [1.29, 1.82) is 0 Å². The van der Waals surface area contributed by atoms with E-state index in [0.29, 0.717) is 52.2 Å². The number of esters is 4. The lowest BCUT2D eigenvalue weighted by Crippen LogP contribution is -2.37. The van der Waals surface area contributed by atoms with Gasteiger partial charge in [-0.2, -0.15) is 65.5 Å². The van der Waals surface area contributed by atoms with Gasteiger partial charge >= 0.3 is 66.6 Å². The van der Waals surface area contributed by atoms with Gasteiger partial charge in [0.05, 0.1) is 30.5 Å². The number of fused-ring (bicyclic) bond motifs is 6. The van der Waals surface area contributed by atoms with Gasteiger partial charge in [-0.1, -0.05) is 183 Å². The van der Waals surface area contributed by atoms with Crippen molar-refractivity contribution >= 4 is 160 Å². The van der Waals surface area contributed by atoms with E-state index in [9.17, 15) is 80.3 Å². The smallest absolute Gasteiger partial charge is 0.524 e. The molecular formula is C82H81Br2F9N3O19S3+. The number of aliphatic carboxylic acids is 1. The van der Waals surface area contributed by atoms with Crippen LogP contribution in [-0.4, -0.2) is 105 Å². The lowest BCUT2D eigenvalue weighted by Gasteiger charge is -2.09. The summed E-state index contributed by atoms with van der Waals surface area (Å²) in [6.07, 6.45) is 2.50. The second-order valence-electron chi connectivity index (χ2n) is 24.7. The third-order valence-corrected chi connectivity index (χ3v) is 19.6. The minimum Gasteiger partial charge on any atom is -0.741 e. The van der Waals surface area contributed by atoms with Crippen LogP contribution in [0.5, 0.6) is 0 Å². The zero-order valence-corrected chi connectivity index (χ0v) is 69.2. The molecule has 1 aliphatic rings. The van der Waals surface area contributed by atoms with Gasteiger partial charge in [-0.15, -0.1) is 37.6 Å². The lowest BCUT2D eigenvalue weighted by molar-refractivity contribution is -0.644. The normalized spacial score (nSPS) is 11.7. The maximum absolute atomic E-state index is 12.3. The largest absolute Gasteiger partial charge is 0.741 e. The molecule has 1 aliphatic heterocycles. The summed E-state index contributed by atoms with van der Waals surface area (Å²) in [5.41, 5.74) is -4.73. The van der Waals surface area contributed by atoms with Crippen LogP contribution in [0.15, 0.2) is 237 Å². The minimum absolute atomic E-state index is 0. The Labute approximate surface area is 694 Å². The summed E-state index contributed by atoms with van der Waals surface area (Å²) in [7, 11) is -19.8. The van der Waals surface area contributed by atoms with Crippen molar-refractivity contribution in [2.75, 3.05) is 13.2 Å². The fourth-order valence-electron chi connectivity index (χ4n) is 10.7. The molecule has 0 spiro atoms. The molecule has 4 heterocycles. The molecule has 12 aromatic rings. The first-order valence-corrected chi connectivity index (χ1v) is 39.3. The van der Waals surface area contributed by atoms with Crippen molar-refractivity contribution in [2.45, 2.75) is 116 Å². The second-order valence-corrected chi connectivity index (χ2v) is 29.3. The molecule has 1 fully saturated rings. The number of carbonyl (C=O) groups is 5. The third-order valence-electron chi connectivity index (χ3n) is 16.4. The Morgan fingerprint density at radius 2 is 0.695 bits per heavy atom. The van der Waals surface area contributed by atoms with Crippen molar-refractivity contribution in [1.82, 2.24) is 4.98 Å². The molecule has 22 nitrogen and oxygen atoms in total. The highest BCUT2D eigenvalue weighted by atomic mass is 79.9. The second kappa shape index (κ2) is 47.1. The van der Waals surface area contributed by atoms with Crippen LogP contribution in [0.3, 0.4) is 0 Å². The summed E-state index contributed by atoms with van der Waals surface area (Å²) >= 11 is 0. The molecule has 0 aliphatic carbocycles. The SMILES string of the molecule is Br.Br.CCCC(=O)OCc1ccccc1.Cc1c2ccccc2[n+](CCC(=O)O)c2ccccc12.Cc1c2ccccc2[n+](CCC(=O)OCc2ccccc2)c2ccccc12.Cc1c2ccccc2nc2ccccc12.O=C(CCO)OCc1ccccc1.O=C1CCO1.O=S(=O)(OS(=O)(=O)C(F)(F)F)C(F)(F)F.O=S(=O)([O-])C(F)(F)F. The standard InChI is InChI=1S/C24H22NO2.C17H15NO2.C14H11N.C11H14O2.C10H12O3.C3H4O2.C2F6O5S2.CHF3O3S.2BrH/c1-18-20-11-5-7-13-22(20)25(23-14-8-6-12-21(18)23)16-15-24(26)27-17-19-9-3-2-4-10-19;1-12-13-6-2-4-8-15(13)18(11-10-17(19)20)16-9-5-3-7-14(12)16;1-10-11-6-2-4-8-13(11)15-14-9-5-3-7-12(10)14;1-2-6-11(12)13-9-10-7-4-3-5-8-10;11-7-6-10(12)13-8-9-4-2-1-3-5-9;4-3-1-2-5-3;3-1(4,5)14(9,10)13-15(11,12)2(6,7)8;2-1(3,4)8(5,6)7;;/h2-14H,15-17H2,1H3;2-9H,10-11H2,1H3;2-9H,1H3;3-5,7-8H,2,6,9H2,1H3;1-5,11H,6-8H2;1-2H2;;(H,5,6,7);2*1H/q+1;;;;;;;;;. The number of hydrogen-bond acceptors (Lipinski definition) is 19.